The molecular weight excluding hydrogens is 616 g/mol. The van der Waals surface area contributed by atoms with Gasteiger partial charge in [0.05, 0.1) is 6.04 Å². The molecule has 268 valence electrons. The number of carboxylic acid groups (broad SMARTS) is 1. The lowest BCUT2D eigenvalue weighted by Crippen LogP contribution is -2.64. The second kappa shape index (κ2) is 22.2. The number of aliphatic carboxylic acids is 1. The standard InChI is InChI=1S/C27H54N14O6/c28-10-8-18(23(44)41-14-9-20(41)22(43)40-19(24(45)46)7-4-13-36-26(33)34)39-21(42)17(30)6-1-2-11-37-27(47)38-15-16(29)5-3-12-35-25(31)32/h16-20H,1-15,28-30H2,(H,39,42)(H,40,43)(H,45,46)(H4,31,32,35)(H4,33,34,36)(H2,37,38,47)/t16-,17-,18+,19-,20-/m0/s1. The Labute approximate surface area is 274 Å². The number of rotatable bonds is 23. The molecule has 0 bridgehead atoms. The van der Waals surface area contributed by atoms with Crippen LogP contribution in [0.1, 0.15) is 57.8 Å². The molecule has 1 aliphatic rings. The molecule has 1 rings (SSSR count). The normalized spacial score (nSPS) is 16.3. The van der Waals surface area contributed by atoms with E-state index in [-0.39, 0.29) is 63.0 Å². The topological polar surface area (TPSA) is 364 Å². The number of unbranched alkanes of at least 4 members (excludes halogenated alkanes) is 1. The Hall–Kier alpha value is -4.43. The van der Waals surface area contributed by atoms with E-state index in [9.17, 15) is 29.1 Å². The minimum absolute atomic E-state index is 0.0204. The highest BCUT2D eigenvalue weighted by molar-refractivity contribution is 5.95. The average molecular weight is 671 g/mol. The van der Waals surface area contributed by atoms with E-state index in [0.717, 1.165) is 0 Å². The Balaban J connectivity index is 2.45. The molecule has 0 aromatic rings. The lowest BCUT2D eigenvalue weighted by molar-refractivity contribution is -0.151. The number of carbonyl (C=O) groups excluding carboxylic acids is 4. The van der Waals surface area contributed by atoms with Crippen LogP contribution in [0.2, 0.25) is 0 Å². The molecule has 1 heterocycles. The molecule has 5 atom stereocenters. The summed E-state index contributed by atoms with van der Waals surface area (Å²) in [5.74, 6) is -3.00. The van der Waals surface area contributed by atoms with Crippen LogP contribution in [0.4, 0.5) is 4.79 Å². The third kappa shape index (κ3) is 16.6. The number of amides is 5. The first-order valence-electron chi connectivity index (χ1n) is 15.7. The monoisotopic (exact) mass is 670 g/mol. The molecule has 47 heavy (non-hydrogen) atoms. The molecule has 19 N–H and O–H groups in total. The van der Waals surface area contributed by atoms with Crippen LogP contribution in [0.5, 0.6) is 0 Å². The van der Waals surface area contributed by atoms with Crippen molar-refractivity contribution < 1.29 is 29.1 Å². The van der Waals surface area contributed by atoms with Gasteiger partial charge < -0.3 is 71.4 Å². The highest BCUT2D eigenvalue weighted by atomic mass is 16.4. The van der Waals surface area contributed by atoms with Gasteiger partial charge in [-0.1, -0.05) is 0 Å². The van der Waals surface area contributed by atoms with Gasteiger partial charge in [0.15, 0.2) is 11.9 Å². The maximum absolute atomic E-state index is 13.2. The molecule has 0 aromatic carbocycles. The minimum atomic E-state index is -1.23. The number of carbonyl (C=O) groups is 5. The van der Waals surface area contributed by atoms with Crippen molar-refractivity contribution in [3.8, 4) is 0 Å². The van der Waals surface area contributed by atoms with Crippen molar-refractivity contribution >= 4 is 41.6 Å². The quantitative estimate of drug-likeness (QED) is 0.0276. The van der Waals surface area contributed by atoms with E-state index in [1.54, 1.807) is 0 Å². The van der Waals surface area contributed by atoms with Crippen LogP contribution in [-0.2, 0) is 19.2 Å². The van der Waals surface area contributed by atoms with Crippen LogP contribution in [0.3, 0.4) is 0 Å². The molecule has 0 saturated carbocycles. The minimum Gasteiger partial charge on any atom is -0.480 e. The predicted molar refractivity (Wildman–Crippen MR) is 176 cm³/mol. The van der Waals surface area contributed by atoms with E-state index in [1.165, 1.54) is 4.90 Å². The van der Waals surface area contributed by atoms with Crippen molar-refractivity contribution in [2.24, 2.45) is 50.1 Å². The lowest BCUT2D eigenvalue weighted by Gasteiger charge is -2.42. The number of guanidine groups is 2. The van der Waals surface area contributed by atoms with Gasteiger partial charge in [-0.3, -0.25) is 24.4 Å². The third-order valence-electron chi connectivity index (χ3n) is 7.35. The lowest BCUT2D eigenvalue weighted by atomic mass is 9.98. The van der Waals surface area contributed by atoms with Gasteiger partial charge in [-0.15, -0.1) is 0 Å². The fourth-order valence-electron chi connectivity index (χ4n) is 4.63. The fraction of sp³-hybridized carbons (Fsp3) is 0.741. The molecule has 0 aliphatic carbocycles. The number of nitrogens with zero attached hydrogens (tertiary/aromatic N) is 3. The molecule has 0 unspecified atom stereocenters. The van der Waals surface area contributed by atoms with E-state index in [1.807, 2.05) is 0 Å². The van der Waals surface area contributed by atoms with E-state index in [2.05, 4.69) is 31.3 Å². The largest absolute Gasteiger partial charge is 0.480 e. The smallest absolute Gasteiger partial charge is 0.326 e. The summed E-state index contributed by atoms with van der Waals surface area (Å²) in [6, 6.07) is -4.60. The van der Waals surface area contributed by atoms with Crippen molar-refractivity contribution in [2.75, 3.05) is 39.3 Å². The van der Waals surface area contributed by atoms with E-state index < -0.39 is 47.9 Å². The van der Waals surface area contributed by atoms with Crippen molar-refractivity contribution in [3.63, 3.8) is 0 Å². The van der Waals surface area contributed by atoms with Gasteiger partial charge in [0.25, 0.3) is 0 Å². The van der Waals surface area contributed by atoms with E-state index in [0.29, 0.717) is 58.0 Å². The van der Waals surface area contributed by atoms with Crippen molar-refractivity contribution in [2.45, 2.75) is 88.0 Å². The summed E-state index contributed by atoms with van der Waals surface area (Å²) in [5, 5.41) is 20.0. The van der Waals surface area contributed by atoms with Crippen LogP contribution >= 0.6 is 0 Å². The Bertz CT molecular complexity index is 1080. The number of nitrogens with two attached hydrogens (primary N) is 7. The molecule has 20 nitrogen and oxygen atoms in total. The van der Waals surface area contributed by atoms with Crippen molar-refractivity contribution in [1.82, 2.24) is 26.2 Å². The second-order valence-electron chi connectivity index (χ2n) is 11.3. The Morgan fingerprint density at radius 2 is 1.45 bits per heavy atom. The van der Waals surface area contributed by atoms with Crippen LogP contribution < -0.4 is 61.4 Å². The summed E-state index contributed by atoms with van der Waals surface area (Å²) in [6.45, 7) is 1.65. The van der Waals surface area contributed by atoms with E-state index >= 15 is 0 Å². The second-order valence-corrected chi connectivity index (χ2v) is 11.3. The van der Waals surface area contributed by atoms with Crippen LogP contribution in [0.25, 0.3) is 0 Å². The summed E-state index contributed by atoms with van der Waals surface area (Å²) in [5.41, 5.74) is 38.8. The summed E-state index contributed by atoms with van der Waals surface area (Å²) in [4.78, 5) is 71.5. The molecular formula is C27H54N14O6. The number of likely N-dealkylation sites (tertiary alicyclic amines) is 1. The Morgan fingerprint density at radius 1 is 0.809 bits per heavy atom. The summed E-state index contributed by atoms with van der Waals surface area (Å²) >= 11 is 0. The van der Waals surface area contributed by atoms with Crippen LogP contribution in [0, 0.1) is 0 Å². The number of hydrogen-bond donors (Lipinski definition) is 12. The number of nitrogens with one attached hydrogen (secondary N) is 4. The first-order chi connectivity index (χ1) is 22.3. The van der Waals surface area contributed by atoms with E-state index in [4.69, 9.17) is 40.1 Å². The fourth-order valence-corrected chi connectivity index (χ4v) is 4.63. The molecule has 0 aromatic heterocycles. The SMILES string of the molecule is NCC[C@@H](NC(=O)[C@@H](N)CCCCNC(=O)NC[C@@H](N)CCCN=C(N)N)C(=O)N1CC[C@H]1C(=O)N[C@@H](CCCN=C(N)N)C(=O)O. The summed E-state index contributed by atoms with van der Waals surface area (Å²) in [6.07, 6.45) is 3.56. The molecule has 0 spiro atoms. The third-order valence-corrected chi connectivity index (χ3v) is 7.35. The summed E-state index contributed by atoms with van der Waals surface area (Å²) < 4.78 is 0. The number of hydrogen-bond acceptors (Lipinski definition) is 10. The molecule has 1 fully saturated rings. The van der Waals surface area contributed by atoms with Crippen molar-refractivity contribution in [1.29, 1.82) is 0 Å². The van der Waals surface area contributed by atoms with Gasteiger partial charge in [-0.25, -0.2) is 9.59 Å². The zero-order valence-electron chi connectivity index (χ0n) is 26.9. The van der Waals surface area contributed by atoms with Crippen LogP contribution in [-0.4, -0.2) is 121 Å². The van der Waals surface area contributed by atoms with Crippen LogP contribution in [0.15, 0.2) is 9.98 Å². The number of aliphatic imine (C=N–C) groups is 2. The molecule has 0 radical (unpaired) electrons. The number of carboxylic acids is 1. The zero-order chi connectivity index (χ0) is 35.4. The zero-order valence-corrected chi connectivity index (χ0v) is 26.9. The number of urea groups is 1. The molecule has 20 heteroatoms. The average Bonchev–Trinajstić information content (AvgIpc) is 2.98. The maximum Gasteiger partial charge on any atom is 0.326 e. The molecule has 5 amide bonds. The van der Waals surface area contributed by atoms with Gasteiger partial charge in [0.1, 0.15) is 18.1 Å². The van der Waals surface area contributed by atoms with Gasteiger partial charge >= 0.3 is 12.0 Å². The molecule has 1 aliphatic heterocycles. The van der Waals surface area contributed by atoms with Gasteiger partial charge in [0.2, 0.25) is 17.7 Å². The summed E-state index contributed by atoms with van der Waals surface area (Å²) in [7, 11) is 0. The van der Waals surface area contributed by atoms with Gasteiger partial charge in [0, 0.05) is 38.8 Å². The molecule has 1 saturated heterocycles. The van der Waals surface area contributed by atoms with Gasteiger partial charge in [-0.2, -0.15) is 0 Å². The van der Waals surface area contributed by atoms with Gasteiger partial charge in [-0.05, 0) is 64.3 Å². The van der Waals surface area contributed by atoms with Crippen molar-refractivity contribution in [3.05, 3.63) is 0 Å². The predicted octanol–water partition coefficient (Wildman–Crippen LogP) is -4.78. The Kier molecular flexibility index (Phi) is 19.1. The highest BCUT2D eigenvalue weighted by Crippen LogP contribution is 2.20. The maximum atomic E-state index is 13.2. The Morgan fingerprint density at radius 3 is 2.00 bits per heavy atom. The first kappa shape index (κ1) is 40.6. The first-order valence-corrected chi connectivity index (χ1v) is 15.7. The highest BCUT2D eigenvalue weighted by Gasteiger charge is 2.41.